The van der Waals surface area contributed by atoms with Crippen LogP contribution in [0.1, 0.15) is 48.5 Å². The Labute approximate surface area is 153 Å². The average Bonchev–Trinajstić information content (AvgIpc) is 2.97. The summed E-state index contributed by atoms with van der Waals surface area (Å²) >= 11 is 0. The fraction of sp³-hybridized carbons (Fsp3) is 0.632. The molecule has 1 amide bonds. The highest BCUT2D eigenvalue weighted by Gasteiger charge is 2.55. The maximum Gasteiger partial charge on any atom is 0.338 e. The van der Waals surface area contributed by atoms with Crippen LogP contribution in [0.3, 0.4) is 0 Å². The van der Waals surface area contributed by atoms with Crippen molar-refractivity contribution in [1.29, 1.82) is 0 Å². The molecule has 0 aromatic heterocycles. The van der Waals surface area contributed by atoms with Crippen LogP contribution in [-0.2, 0) is 28.6 Å². The first-order chi connectivity index (χ1) is 11.7. The molecule has 1 N–H and O–H groups in total. The predicted octanol–water partition coefficient (Wildman–Crippen LogP) is 1.81. The molecule has 7 heteroatoms. The largest absolute Gasteiger partial charge is 0.457 e. The van der Waals surface area contributed by atoms with Crippen LogP contribution in [0.4, 0.5) is 0 Å². The van der Waals surface area contributed by atoms with Gasteiger partial charge in [0.15, 0.2) is 0 Å². The van der Waals surface area contributed by atoms with Crippen LogP contribution in [0.5, 0.6) is 0 Å². The van der Waals surface area contributed by atoms with Crippen LogP contribution in [-0.4, -0.2) is 47.3 Å². The van der Waals surface area contributed by atoms with Gasteiger partial charge in [-0.1, -0.05) is 6.08 Å². The molecule has 144 valence electrons. The van der Waals surface area contributed by atoms with E-state index in [2.05, 4.69) is 5.32 Å². The summed E-state index contributed by atoms with van der Waals surface area (Å²) in [5, 5.41) is 2.65. The molecule has 0 aromatic carbocycles. The molecule has 0 saturated carbocycles. The smallest absolute Gasteiger partial charge is 0.338 e. The molecule has 0 aromatic rings. The lowest BCUT2D eigenvalue weighted by molar-refractivity contribution is -0.153. The number of esters is 2. The highest BCUT2D eigenvalue weighted by Crippen LogP contribution is 2.44. The van der Waals surface area contributed by atoms with Crippen molar-refractivity contribution in [2.24, 2.45) is 0 Å². The summed E-state index contributed by atoms with van der Waals surface area (Å²) in [6.45, 7) is 11.8. The predicted molar refractivity (Wildman–Crippen MR) is 94.1 cm³/mol. The van der Waals surface area contributed by atoms with E-state index in [9.17, 15) is 14.4 Å². The quantitative estimate of drug-likeness (QED) is 0.603. The third-order valence-corrected chi connectivity index (χ3v) is 3.68. The molecule has 2 atom stereocenters. The minimum atomic E-state index is -1.23. The van der Waals surface area contributed by atoms with Crippen molar-refractivity contribution in [3.63, 3.8) is 0 Å². The summed E-state index contributed by atoms with van der Waals surface area (Å²) in [4.78, 5) is 37.0. The van der Waals surface area contributed by atoms with E-state index >= 15 is 0 Å². The molecule has 2 aliphatic heterocycles. The topological polar surface area (TPSA) is 90.9 Å². The fourth-order valence-corrected chi connectivity index (χ4v) is 2.82. The first-order valence-corrected chi connectivity index (χ1v) is 8.57. The van der Waals surface area contributed by atoms with Crippen molar-refractivity contribution in [2.45, 2.75) is 71.4 Å². The Morgan fingerprint density at radius 3 is 2.12 bits per heavy atom. The molecule has 0 aliphatic carbocycles. The molecule has 0 fully saturated rings. The fourth-order valence-electron chi connectivity index (χ4n) is 2.82. The molecule has 26 heavy (non-hydrogen) atoms. The lowest BCUT2D eigenvalue weighted by Crippen LogP contribution is -2.45. The number of carbonyl (C=O) groups is 3. The Morgan fingerprint density at radius 2 is 1.62 bits per heavy atom. The molecule has 0 radical (unpaired) electrons. The van der Waals surface area contributed by atoms with Gasteiger partial charge in [-0.15, -0.1) is 0 Å². The molecule has 2 bridgehead atoms. The number of amides is 1. The second-order valence-electron chi connectivity index (χ2n) is 8.49. The molecular weight excluding hydrogens is 338 g/mol. The molecular formula is C19H27NO6. The standard InChI is InChI=1S/C19H27NO6/c1-11(21)20-10-19-9-8-12(24-19)13(15(22)25-17(2,3)4)14(19)16(23)26-18(5,6)7/h8-9,12H,10H2,1-7H3,(H,20,21). The maximum absolute atomic E-state index is 12.9. The van der Waals surface area contributed by atoms with Gasteiger partial charge in [-0.05, 0) is 47.6 Å². The van der Waals surface area contributed by atoms with Gasteiger partial charge in [0.1, 0.15) is 22.9 Å². The van der Waals surface area contributed by atoms with Crippen LogP contribution in [0, 0.1) is 0 Å². The van der Waals surface area contributed by atoms with Crippen LogP contribution >= 0.6 is 0 Å². The number of carbonyl (C=O) groups excluding carboxylic acids is 3. The molecule has 2 aliphatic rings. The Morgan fingerprint density at radius 1 is 1.08 bits per heavy atom. The summed E-state index contributed by atoms with van der Waals surface area (Å²) in [5.74, 6) is -1.55. The zero-order valence-electron chi connectivity index (χ0n) is 16.4. The van der Waals surface area contributed by atoms with Crippen LogP contribution in [0.25, 0.3) is 0 Å². The van der Waals surface area contributed by atoms with E-state index in [1.54, 1.807) is 53.7 Å². The first kappa shape index (κ1) is 20.2. The van der Waals surface area contributed by atoms with E-state index in [-0.39, 0.29) is 23.6 Å². The summed E-state index contributed by atoms with van der Waals surface area (Å²) in [6.07, 6.45) is 2.66. The summed E-state index contributed by atoms with van der Waals surface area (Å²) in [6, 6.07) is 0. The van der Waals surface area contributed by atoms with Crippen molar-refractivity contribution >= 4 is 17.8 Å². The van der Waals surface area contributed by atoms with Crippen LogP contribution in [0.2, 0.25) is 0 Å². The molecule has 2 unspecified atom stereocenters. The Balaban J connectivity index is 2.46. The minimum Gasteiger partial charge on any atom is -0.457 e. The minimum absolute atomic E-state index is 0.0240. The lowest BCUT2D eigenvalue weighted by Gasteiger charge is -2.29. The Kier molecular flexibility index (Phi) is 5.07. The lowest BCUT2D eigenvalue weighted by atomic mass is 9.86. The number of rotatable bonds is 4. The van der Waals surface area contributed by atoms with Crippen molar-refractivity contribution in [3.8, 4) is 0 Å². The second-order valence-corrected chi connectivity index (χ2v) is 8.49. The van der Waals surface area contributed by atoms with Gasteiger partial charge < -0.3 is 19.5 Å². The number of ether oxygens (including phenoxy) is 3. The van der Waals surface area contributed by atoms with E-state index in [0.717, 1.165) is 0 Å². The van der Waals surface area contributed by atoms with Gasteiger partial charge in [-0.25, -0.2) is 9.59 Å². The first-order valence-electron chi connectivity index (χ1n) is 8.57. The highest BCUT2D eigenvalue weighted by atomic mass is 16.6. The van der Waals surface area contributed by atoms with Crippen LogP contribution < -0.4 is 5.32 Å². The molecule has 0 spiro atoms. The number of nitrogens with one attached hydrogen (secondary N) is 1. The number of hydrogen-bond acceptors (Lipinski definition) is 6. The van der Waals surface area contributed by atoms with Crippen molar-refractivity contribution in [2.75, 3.05) is 6.54 Å². The normalized spacial score (nSPS) is 24.7. The molecule has 2 heterocycles. The van der Waals surface area contributed by atoms with E-state index in [4.69, 9.17) is 14.2 Å². The van der Waals surface area contributed by atoms with Gasteiger partial charge in [0, 0.05) is 6.92 Å². The van der Waals surface area contributed by atoms with Crippen LogP contribution in [0.15, 0.2) is 23.3 Å². The van der Waals surface area contributed by atoms with E-state index in [0.29, 0.717) is 0 Å². The molecule has 2 rings (SSSR count). The van der Waals surface area contributed by atoms with Crippen molar-refractivity contribution < 1.29 is 28.6 Å². The van der Waals surface area contributed by atoms with E-state index in [1.807, 2.05) is 0 Å². The number of hydrogen-bond donors (Lipinski definition) is 1. The third-order valence-electron chi connectivity index (χ3n) is 3.68. The zero-order valence-corrected chi connectivity index (χ0v) is 16.4. The van der Waals surface area contributed by atoms with Crippen molar-refractivity contribution in [3.05, 3.63) is 23.3 Å². The highest BCUT2D eigenvalue weighted by molar-refractivity contribution is 6.05. The second kappa shape index (κ2) is 6.54. The summed E-state index contributed by atoms with van der Waals surface area (Å²) in [5.41, 5.74) is -2.49. The summed E-state index contributed by atoms with van der Waals surface area (Å²) < 4.78 is 16.8. The van der Waals surface area contributed by atoms with Gasteiger partial charge in [0.2, 0.25) is 5.91 Å². The maximum atomic E-state index is 12.9. The molecule has 7 nitrogen and oxygen atoms in total. The molecule has 0 saturated heterocycles. The monoisotopic (exact) mass is 365 g/mol. The van der Waals surface area contributed by atoms with Gasteiger partial charge in [-0.3, -0.25) is 4.79 Å². The number of fused-ring (bicyclic) bond motifs is 2. The van der Waals surface area contributed by atoms with Crippen molar-refractivity contribution in [1.82, 2.24) is 5.32 Å². The van der Waals surface area contributed by atoms with Gasteiger partial charge in [0.05, 0.1) is 17.7 Å². The van der Waals surface area contributed by atoms with Gasteiger partial charge >= 0.3 is 11.9 Å². The SMILES string of the molecule is CC(=O)NCC12C=CC(O1)C(C(=O)OC(C)(C)C)=C2C(=O)OC(C)(C)C. The average molecular weight is 365 g/mol. The van der Waals surface area contributed by atoms with Gasteiger partial charge in [-0.2, -0.15) is 0 Å². The third kappa shape index (κ3) is 4.33. The zero-order chi connectivity index (χ0) is 19.9. The van der Waals surface area contributed by atoms with Gasteiger partial charge in [0.25, 0.3) is 0 Å². The van der Waals surface area contributed by atoms with E-state index < -0.39 is 34.8 Å². The Bertz CT molecular complexity index is 692. The van der Waals surface area contributed by atoms with E-state index in [1.165, 1.54) is 6.92 Å². The Hall–Kier alpha value is -2.15. The summed E-state index contributed by atoms with van der Waals surface area (Å²) in [7, 11) is 0.